The molecule has 17 heavy (non-hydrogen) atoms. The number of hydrogen-bond acceptors (Lipinski definition) is 3. The van der Waals surface area contributed by atoms with Gasteiger partial charge in [-0.25, -0.2) is 4.39 Å². The van der Waals surface area contributed by atoms with Crippen molar-refractivity contribution in [3.63, 3.8) is 0 Å². The molecule has 4 heteroatoms. The Balaban J connectivity index is 3.01. The Hall–Kier alpha value is -0.970. The molecule has 0 aromatic heterocycles. The number of halogens is 1. The van der Waals surface area contributed by atoms with Crippen molar-refractivity contribution in [3.05, 3.63) is 35.6 Å². The largest absolute Gasteiger partial charge is 0.395 e. The predicted molar refractivity (Wildman–Crippen MR) is 63.3 cm³/mol. The number of aliphatic hydroxyl groups excluding tert-OH is 2. The SMILES string of the molecule is COC(C)CC(CO)(CO)c1ccc(F)cc1. The van der Waals surface area contributed by atoms with Crippen LogP contribution in [0.1, 0.15) is 18.9 Å². The molecule has 0 aliphatic heterocycles. The maximum Gasteiger partial charge on any atom is 0.123 e. The van der Waals surface area contributed by atoms with Crippen LogP contribution in [-0.2, 0) is 10.2 Å². The van der Waals surface area contributed by atoms with Gasteiger partial charge in [-0.05, 0) is 31.0 Å². The van der Waals surface area contributed by atoms with Crippen LogP contribution in [0.4, 0.5) is 4.39 Å². The van der Waals surface area contributed by atoms with Gasteiger partial charge in [0.2, 0.25) is 0 Å². The average Bonchev–Trinajstić information content (AvgIpc) is 2.37. The molecule has 0 saturated heterocycles. The number of methoxy groups -OCH3 is 1. The maximum absolute atomic E-state index is 12.9. The molecular weight excluding hydrogens is 223 g/mol. The second kappa shape index (κ2) is 6.10. The van der Waals surface area contributed by atoms with E-state index >= 15 is 0 Å². The average molecular weight is 242 g/mol. The van der Waals surface area contributed by atoms with E-state index in [0.717, 1.165) is 0 Å². The van der Waals surface area contributed by atoms with Crippen LogP contribution in [0.3, 0.4) is 0 Å². The third kappa shape index (κ3) is 3.25. The van der Waals surface area contributed by atoms with Crippen LogP contribution in [0.25, 0.3) is 0 Å². The zero-order valence-electron chi connectivity index (χ0n) is 10.2. The molecule has 0 bridgehead atoms. The lowest BCUT2D eigenvalue weighted by molar-refractivity contribution is 0.0405. The molecule has 1 aromatic rings. The lowest BCUT2D eigenvalue weighted by atomic mass is 9.77. The van der Waals surface area contributed by atoms with Crippen LogP contribution in [-0.4, -0.2) is 36.6 Å². The summed E-state index contributed by atoms with van der Waals surface area (Å²) in [6.45, 7) is 1.45. The monoisotopic (exact) mass is 242 g/mol. The Bertz CT molecular complexity index is 333. The lowest BCUT2D eigenvalue weighted by Crippen LogP contribution is -2.38. The third-order valence-electron chi connectivity index (χ3n) is 3.14. The maximum atomic E-state index is 12.9. The molecule has 1 atom stereocenters. The number of aliphatic hydroxyl groups is 2. The molecule has 1 aromatic carbocycles. The molecule has 0 amide bonds. The van der Waals surface area contributed by atoms with Crippen molar-refractivity contribution in [2.75, 3.05) is 20.3 Å². The van der Waals surface area contributed by atoms with Crippen molar-refractivity contribution < 1.29 is 19.3 Å². The van der Waals surface area contributed by atoms with Gasteiger partial charge in [0.15, 0.2) is 0 Å². The quantitative estimate of drug-likeness (QED) is 0.794. The van der Waals surface area contributed by atoms with Gasteiger partial charge in [-0.2, -0.15) is 0 Å². The van der Waals surface area contributed by atoms with Gasteiger partial charge >= 0.3 is 0 Å². The number of hydrogen-bond donors (Lipinski definition) is 2. The highest BCUT2D eigenvalue weighted by Gasteiger charge is 2.32. The summed E-state index contributed by atoms with van der Waals surface area (Å²) in [5.41, 5.74) is -0.0730. The van der Waals surface area contributed by atoms with E-state index in [1.165, 1.54) is 12.1 Å². The summed E-state index contributed by atoms with van der Waals surface area (Å²) >= 11 is 0. The van der Waals surface area contributed by atoms with Gasteiger partial charge in [-0.3, -0.25) is 0 Å². The van der Waals surface area contributed by atoms with E-state index in [9.17, 15) is 14.6 Å². The van der Waals surface area contributed by atoms with Gasteiger partial charge in [0, 0.05) is 12.5 Å². The lowest BCUT2D eigenvalue weighted by Gasteiger charge is -2.32. The summed E-state index contributed by atoms with van der Waals surface area (Å²) in [6, 6.07) is 5.83. The van der Waals surface area contributed by atoms with E-state index in [-0.39, 0.29) is 25.1 Å². The molecule has 0 spiro atoms. The van der Waals surface area contributed by atoms with Crippen LogP contribution < -0.4 is 0 Å². The van der Waals surface area contributed by atoms with E-state index < -0.39 is 5.41 Å². The summed E-state index contributed by atoms with van der Waals surface area (Å²) in [5.74, 6) is -0.335. The first-order valence-corrected chi connectivity index (χ1v) is 5.58. The van der Waals surface area contributed by atoms with Crippen molar-refractivity contribution in [3.8, 4) is 0 Å². The molecule has 2 N–H and O–H groups in total. The minimum absolute atomic E-state index is 0.0978. The van der Waals surface area contributed by atoms with E-state index in [0.29, 0.717) is 12.0 Å². The van der Waals surface area contributed by atoms with Crippen molar-refractivity contribution in [2.24, 2.45) is 0 Å². The first-order valence-electron chi connectivity index (χ1n) is 5.58. The number of ether oxygens (including phenoxy) is 1. The topological polar surface area (TPSA) is 49.7 Å². The van der Waals surface area contributed by atoms with Crippen molar-refractivity contribution in [2.45, 2.75) is 24.9 Å². The zero-order chi connectivity index (χ0) is 12.9. The fourth-order valence-electron chi connectivity index (χ4n) is 1.92. The molecule has 0 heterocycles. The second-order valence-electron chi connectivity index (χ2n) is 4.35. The van der Waals surface area contributed by atoms with Crippen LogP contribution in [0, 0.1) is 5.82 Å². The molecular formula is C13H19FO3. The minimum Gasteiger partial charge on any atom is -0.395 e. The van der Waals surface area contributed by atoms with E-state index in [1.807, 2.05) is 6.92 Å². The molecule has 96 valence electrons. The summed E-state index contributed by atoms with van der Waals surface area (Å²) < 4.78 is 18.0. The highest BCUT2D eigenvalue weighted by atomic mass is 19.1. The molecule has 0 saturated carbocycles. The summed E-state index contributed by atoms with van der Waals surface area (Å²) in [7, 11) is 1.58. The Morgan fingerprint density at radius 1 is 1.24 bits per heavy atom. The zero-order valence-corrected chi connectivity index (χ0v) is 10.2. The standard InChI is InChI=1S/C13H19FO3/c1-10(17-2)7-13(8-15,9-16)11-3-5-12(14)6-4-11/h3-6,10,15-16H,7-9H2,1-2H3. The van der Waals surface area contributed by atoms with Crippen LogP contribution >= 0.6 is 0 Å². The minimum atomic E-state index is -0.789. The molecule has 0 radical (unpaired) electrons. The Kier molecular flexibility index (Phi) is 5.05. The predicted octanol–water partition coefficient (Wildman–Crippen LogP) is 1.47. The van der Waals surface area contributed by atoms with E-state index in [4.69, 9.17) is 4.74 Å². The molecule has 3 nitrogen and oxygen atoms in total. The molecule has 0 aliphatic rings. The summed E-state index contributed by atoms with van der Waals surface area (Å²) in [6.07, 6.45) is 0.377. The molecule has 1 rings (SSSR count). The number of rotatable bonds is 6. The van der Waals surface area contributed by atoms with Gasteiger partial charge in [-0.15, -0.1) is 0 Å². The van der Waals surface area contributed by atoms with Crippen molar-refractivity contribution in [1.82, 2.24) is 0 Å². The molecule has 1 unspecified atom stereocenters. The Labute approximate surface area is 101 Å². The summed E-state index contributed by atoms with van der Waals surface area (Å²) in [4.78, 5) is 0. The highest BCUT2D eigenvalue weighted by molar-refractivity contribution is 5.26. The van der Waals surface area contributed by atoms with Crippen LogP contribution in [0.5, 0.6) is 0 Å². The first-order chi connectivity index (χ1) is 8.07. The van der Waals surface area contributed by atoms with Crippen molar-refractivity contribution in [1.29, 1.82) is 0 Å². The Morgan fingerprint density at radius 2 is 1.76 bits per heavy atom. The normalized spacial score (nSPS) is 13.7. The van der Waals surface area contributed by atoms with Gasteiger partial charge in [0.25, 0.3) is 0 Å². The molecule has 0 fully saturated rings. The second-order valence-corrected chi connectivity index (χ2v) is 4.35. The van der Waals surface area contributed by atoms with Gasteiger partial charge < -0.3 is 14.9 Å². The third-order valence-corrected chi connectivity index (χ3v) is 3.14. The highest BCUT2D eigenvalue weighted by Crippen LogP contribution is 2.29. The molecule has 0 aliphatic carbocycles. The van der Waals surface area contributed by atoms with Gasteiger partial charge in [0.05, 0.1) is 19.3 Å². The Morgan fingerprint density at radius 3 is 2.18 bits per heavy atom. The fraction of sp³-hybridized carbons (Fsp3) is 0.538. The first kappa shape index (κ1) is 14.1. The van der Waals surface area contributed by atoms with Gasteiger partial charge in [0.1, 0.15) is 5.82 Å². The number of benzene rings is 1. The van der Waals surface area contributed by atoms with Crippen LogP contribution in [0.15, 0.2) is 24.3 Å². The van der Waals surface area contributed by atoms with Gasteiger partial charge in [-0.1, -0.05) is 12.1 Å². The van der Waals surface area contributed by atoms with Crippen molar-refractivity contribution >= 4 is 0 Å². The fourth-order valence-corrected chi connectivity index (χ4v) is 1.92. The summed E-state index contributed by atoms with van der Waals surface area (Å²) in [5, 5.41) is 19.1. The smallest absolute Gasteiger partial charge is 0.123 e. The van der Waals surface area contributed by atoms with E-state index in [2.05, 4.69) is 0 Å². The van der Waals surface area contributed by atoms with E-state index in [1.54, 1.807) is 19.2 Å². The van der Waals surface area contributed by atoms with Crippen LogP contribution in [0.2, 0.25) is 0 Å².